The number of hydrogen-bond donors (Lipinski definition) is 2. The summed E-state index contributed by atoms with van der Waals surface area (Å²) >= 11 is 0. The zero-order valence-corrected chi connectivity index (χ0v) is 13.9. The summed E-state index contributed by atoms with van der Waals surface area (Å²) in [6.45, 7) is 0.294. The molecule has 7 nitrogen and oxygen atoms in total. The fourth-order valence-corrected chi connectivity index (χ4v) is 2.43. The third kappa shape index (κ3) is 4.13. The average Bonchev–Trinajstić information content (AvgIpc) is 3.16. The lowest BCUT2D eigenvalue weighted by Gasteiger charge is -2.02. The molecule has 0 aliphatic rings. The molecular weight excluding hydrogens is 334 g/mol. The SMILES string of the molecule is O=C(NCCCC(=O)c1c[nH]ccc1=O)c1cc(-c2ccccc2)on1. The highest BCUT2D eigenvalue weighted by Gasteiger charge is 2.14. The lowest BCUT2D eigenvalue weighted by Crippen LogP contribution is -2.25. The summed E-state index contributed by atoms with van der Waals surface area (Å²) in [5, 5.41) is 6.45. The molecular formula is C19H17N3O4. The van der Waals surface area contributed by atoms with E-state index in [1.54, 1.807) is 6.07 Å². The van der Waals surface area contributed by atoms with Crippen LogP contribution in [-0.2, 0) is 0 Å². The standard InChI is InChI=1S/C19H17N3O4/c23-16(14-12-20-10-8-17(14)24)7-4-9-21-19(25)15-11-18(26-22-15)13-5-2-1-3-6-13/h1-3,5-6,8,10-12H,4,7,9H2,(H,20,24)(H,21,25). The lowest BCUT2D eigenvalue weighted by molar-refractivity contribution is 0.0930. The molecule has 0 aliphatic carbocycles. The maximum absolute atomic E-state index is 12.1. The number of nitrogens with one attached hydrogen (secondary N) is 2. The Morgan fingerprint density at radius 2 is 1.96 bits per heavy atom. The number of carbonyl (C=O) groups is 2. The summed E-state index contributed by atoms with van der Waals surface area (Å²) in [6, 6.07) is 12.2. The number of pyridine rings is 1. The van der Waals surface area contributed by atoms with Crippen molar-refractivity contribution in [3.05, 3.63) is 76.3 Å². The molecule has 0 bridgehead atoms. The highest BCUT2D eigenvalue weighted by molar-refractivity contribution is 5.95. The van der Waals surface area contributed by atoms with Crippen molar-refractivity contribution in [2.24, 2.45) is 0 Å². The molecule has 0 spiro atoms. The normalized spacial score (nSPS) is 10.5. The highest BCUT2D eigenvalue weighted by atomic mass is 16.5. The number of benzene rings is 1. The zero-order chi connectivity index (χ0) is 18.4. The largest absolute Gasteiger partial charge is 0.367 e. The van der Waals surface area contributed by atoms with Crippen LogP contribution in [-0.4, -0.2) is 28.4 Å². The summed E-state index contributed by atoms with van der Waals surface area (Å²) in [6.07, 6.45) is 3.45. The molecule has 132 valence electrons. The highest BCUT2D eigenvalue weighted by Crippen LogP contribution is 2.19. The van der Waals surface area contributed by atoms with Crippen LogP contribution in [0.2, 0.25) is 0 Å². The number of aromatic amines is 1. The van der Waals surface area contributed by atoms with Crippen molar-refractivity contribution in [2.75, 3.05) is 6.54 Å². The van der Waals surface area contributed by atoms with Gasteiger partial charge < -0.3 is 14.8 Å². The summed E-state index contributed by atoms with van der Waals surface area (Å²) in [5.74, 6) is -0.121. The van der Waals surface area contributed by atoms with Gasteiger partial charge in [0.15, 0.2) is 22.7 Å². The monoisotopic (exact) mass is 351 g/mol. The predicted octanol–water partition coefficient (Wildman–Crippen LogP) is 2.42. The summed E-state index contributed by atoms with van der Waals surface area (Å²) in [7, 11) is 0. The van der Waals surface area contributed by atoms with Gasteiger partial charge in [0.1, 0.15) is 0 Å². The van der Waals surface area contributed by atoms with Crippen LogP contribution in [0, 0.1) is 0 Å². The van der Waals surface area contributed by atoms with Crippen LogP contribution in [0.25, 0.3) is 11.3 Å². The number of carbonyl (C=O) groups excluding carboxylic acids is 2. The number of amides is 1. The Morgan fingerprint density at radius 3 is 2.73 bits per heavy atom. The maximum Gasteiger partial charge on any atom is 0.273 e. The van der Waals surface area contributed by atoms with Gasteiger partial charge in [-0.1, -0.05) is 35.5 Å². The summed E-state index contributed by atoms with van der Waals surface area (Å²) < 4.78 is 5.18. The van der Waals surface area contributed by atoms with Crippen LogP contribution in [0.15, 0.2) is 64.2 Å². The minimum atomic E-state index is -0.374. The number of hydrogen-bond acceptors (Lipinski definition) is 5. The first-order valence-corrected chi connectivity index (χ1v) is 8.16. The van der Waals surface area contributed by atoms with E-state index in [0.717, 1.165) is 5.56 Å². The molecule has 3 rings (SSSR count). The van der Waals surface area contributed by atoms with Gasteiger partial charge in [0, 0.05) is 43.1 Å². The molecule has 3 aromatic rings. The summed E-state index contributed by atoms with van der Waals surface area (Å²) in [5.41, 5.74) is 0.823. The van der Waals surface area contributed by atoms with Crippen LogP contribution >= 0.6 is 0 Å². The number of aromatic nitrogens is 2. The number of nitrogens with zero attached hydrogens (tertiary/aromatic N) is 1. The van der Waals surface area contributed by atoms with E-state index in [0.29, 0.717) is 18.7 Å². The molecule has 0 saturated heterocycles. The van der Waals surface area contributed by atoms with Crippen molar-refractivity contribution in [3.8, 4) is 11.3 Å². The van der Waals surface area contributed by atoms with E-state index in [9.17, 15) is 14.4 Å². The van der Waals surface area contributed by atoms with Gasteiger partial charge in [0.2, 0.25) is 0 Å². The topological polar surface area (TPSA) is 105 Å². The minimum absolute atomic E-state index is 0.128. The Balaban J connectivity index is 1.49. The molecule has 0 aliphatic heterocycles. The van der Waals surface area contributed by atoms with E-state index >= 15 is 0 Å². The molecule has 26 heavy (non-hydrogen) atoms. The first-order valence-electron chi connectivity index (χ1n) is 8.16. The average molecular weight is 351 g/mol. The van der Waals surface area contributed by atoms with Crippen LogP contribution in [0.3, 0.4) is 0 Å². The number of Topliss-reactive ketones (excluding diaryl/α,β-unsaturated/α-hetero) is 1. The quantitative estimate of drug-likeness (QED) is 0.502. The van der Waals surface area contributed by atoms with Crippen LogP contribution in [0.4, 0.5) is 0 Å². The molecule has 1 amide bonds. The van der Waals surface area contributed by atoms with Crippen molar-refractivity contribution in [1.82, 2.24) is 15.5 Å². The van der Waals surface area contributed by atoms with E-state index in [-0.39, 0.29) is 34.8 Å². The molecule has 0 unspecified atom stereocenters. The van der Waals surface area contributed by atoms with Crippen molar-refractivity contribution >= 4 is 11.7 Å². The fourth-order valence-electron chi connectivity index (χ4n) is 2.43. The van der Waals surface area contributed by atoms with Crippen molar-refractivity contribution in [3.63, 3.8) is 0 Å². The van der Waals surface area contributed by atoms with Gasteiger partial charge >= 0.3 is 0 Å². The second kappa shape index (κ2) is 8.06. The first kappa shape index (κ1) is 17.3. The second-order valence-corrected chi connectivity index (χ2v) is 5.65. The molecule has 1 aromatic carbocycles. The molecule has 0 radical (unpaired) electrons. The third-order valence-electron chi connectivity index (χ3n) is 3.79. The molecule has 7 heteroatoms. The first-order chi connectivity index (χ1) is 12.6. The Morgan fingerprint density at radius 1 is 1.15 bits per heavy atom. The van der Waals surface area contributed by atoms with E-state index in [4.69, 9.17) is 4.52 Å². The molecule has 2 N–H and O–H groups in total. The summed E-state index contributed by atoms with van der Waals surface area (Å²) in [4.78, 5) is 38.4. The van der Waals surface area contributed by atoms with Crippen LogP contribution < -0.4 is 10.7 Å². The van der Waals surface area contributed by atoms with Gasteiger partial charge in [-0.25, -0.2) is 0 Å². The van der Waals surface area contributed by atoms with Gasteiger partial charge in [0.25, 0.3) is 5.91 Å². The maximum atomic E-state index is 12.1. The number of H-pyrrole nitrogens is 1. The molecule has 2 aromatic heterocycles. The van der Waals surface area contributed by atoms with Gasteiger partial charge in [0.05, 0.1) is 5.56 Å². The van der Waals surface area contributed by atoms with Crippen molar-refractivity contribution < 1.29 is 14.1 Å². The predicted molar refractivity (Wildman–Crippen MR) is 94.9 cm³/mol. The Labute approximate surface area is 149 Å². The fraction of sp³-hybridized carbons (Fsp3) is 0.158. The number of rotatable bonds is 7. The Kier molecular flexibility index (Phi) is 5.38. The van der Waals surface area contributed by atoms with E-state index in [1.807, 2.05) is 30.3 Å². The van der Waals surface area contributed by atoms with Crippen molar-refractivity contribution in [2.45, 2.75) is 12.8 Å². The van der Waals surface area contributed by atoms with Crippen molar-refractivity contribution in [1.29, 1.82) is 0 Å². The second-order valence-electron chi connectivity index (χ2n) is 5.65. The Bertz CT molecular complexity index is 960. The van der Waals surface area contributed by atoms with Gasteiger partial charge in [-0.2, -0.15) is 0 Å². The molecule has 0 atom stereocenters. The van der Waals surface area contributed by atoms with E-state index in [1.165, 1.54) is 18.5 Å². The Hall–Kier alpha value is -3.48. The third-order valence-corrected chi connectivity index (χ3v) is 3.79. The van der Waals surface area contributed by atoms with E-state index in [2.05, 4.69) is 15.5 Å². The van der Waals surface area contributed by atoms with Crippen LogP contribution in [0.5, 0.6) is 0 Å². The minimum Gasteiger partial charge on any atom is -0.367 e. The van der Waals surface area contributed by atoms with Gasteiger partial charge in [-0.15, -0.1) is 0 Å². The van der Waals surface area contributed by atoms with Gasteiger partial charge in [-0.3, -0.25) is 14.4 Å². The smallest absolute Gasteiger partial charge is 0.273 e. The lowest BCUT2D eigenvalue weighted by atomic mass is 10.1. The molecule has 0 fully saturated rings. The molecule has 2 heterocycles. The van der Waals surface area contributed by atoms with Crippen LogP contribution in [0.1, 0.15) is 33.7 Å². The molecule has 0 saturated carbocycles. The number of ketones is 1. The zero-order valence-electron chi connectivity index (χ0n) is 13.9. The van der Waals surface area contributed by atoms with Gasteiger partial charge in [-0.05, 0) is 6.42 Å². The van der Waals surface area contributed by atoms with E-state index < -0.39 is 0 Å².